The summed E-state index contributed by atoms with van der Waals surface area (Å²) in [5, 5.41) is 13.8. The largest absolute Gasteiger partial charge is 0.481 e. The van der Waals surface area contributed by atoms with Crippen LogP contribution < -0.4 is 10.6 Å². The SMILES string of the molecule is O=C(Nc1cccc(Cl)c1F)N[C@H]1CC[C@@H](C(=O)O)C1. The Morgan fingerprint density at radius 3 is 2.75 bits per heavy atom. The molecule has 1 aliphatic rings. The maximum Gasteiger partial charge on any atom is 0.319 e. The highest BCUT2D eigenvalue weighted by Crippen LogP contribution is 2.26. The van der Waals surface area contributed by atoms with Gasteiger partial charge in [0.15, 0.2) is 5.82 Å². The van der Waals surface area contributed by atoms with E-state index in [1.165, 1.54) is 18.2 Å². The first-order valence-corrected chi connectivity index (χ1v) is 6.59. The first kappa shape index (κ1) is 14.6. The Hall–Kier alpha value is -1.82. The lowest BCUT2D eigenvalue weighted by Gasteiger charge is -2.14. The summed E-state index contributed by atoms with van der Waals surface area (Å²) < 4.78 is 13.6. The molecule has 2 rings (SSSR count). The number of hydrogen-bond donors (Lipinski definition) is 3. The predicted octanol–water partition coefficient (Wildman–Crippen LogP) is 2.85. The van der Waals surface area contributed by atoms with E-state index in [1.807, 2.05) is 0 Å². The van der Waals surface area contributed by atoms with Crippen molar-refractivity contribution < 1.29 is 19.1 Å². The van der Waals surface area contributed by atoms with Crippen LogP contribution in [0, 0.1) is 11.7 Å². The average Bonchev–Trinajstić information content (AvgIpc) is 2.83. The lowest BCUT2D eigenvalue weighted by molar-refractivity contribution is -0.141. The Morgan fingerprint density at radius 1 is 1.35 bits per heavy atom. The monoisotopic (exact) mass is 300 g/mol. The van der Waals surface area contributed by atoms with Gasteiger partial charge in [-0.3, -0.25) is 4.79 Å². The third-order valence-electron chi connectivity index (χ3n) is 3.32. The predicted molar refractivity (Wildman–Crippen MR) is 72.3 cm³/mol. The van der Waals surface area contributed by atoms with Crippen molar-refractivity contribution >= 4 is 29.3 Å². The van der Waals surface area contributed by atoms with Gasteiger partial charge in [-0.25, -0.2) is 9.18 Å². The molecule has 1 aromatic rings. The first-order valence-electron chi connectivity index (χ1n) is 6.21. The Balaban J connectivity index is 1.90. The van der Waals surface area contributed by atoms with Crippen LogP contribution in [0.5, 0.6) is 0 Å². The number of nitrogens with one attached hydrogen (secondary N) is 2. The summed E-state index contributed by atoms with van der Waals surface area (Å²) in [7, 11) is 0. The third-order valence-corrected chi connectivity index (χ3v) is 3.61. The van der Waals surface area contributed by atoms with Gasteiger partial charge in [-0.05, 0) is 31.4 Å². The van der Waals surface area contributed by atoms with Gasteiger partial charge in [-0.1, -0.05) is 17.7 Å². The van der Waals surface area contributed by atoms with Gasteiger partial charge in [0.1, 0.15) is 0 Å². The fourth-order valence-electron chi connectivity index (χ4n) is 2.28. The quantitative estimate of drug-likeness (QED) is 0.803. The van der Waals surface area contributed by atoms with Crippen LogP contribution in [0.4, 0.5) is 14.9 Å². The normalized spacial score (nSPS) is 21.5. The number of carboxylic acid groups (broad SMARTS) is 1. The van der Waals surface area contributed by atoms with E-state index < -0.39 is 23.7 Å². The summed E-state index contributed by atoms with van der Waals surface area (Å²) in [5.41, 5.74) is -0.0113. The van der Waals surface area contributed by atoms with Crippen LogP contribution in [0.2, 0.25) is 5.02 Å². The maximum atomic E-state index is 13.6. The van der Waals surface area contributed by atoms with Crippen molar-refractivity contribution in [2.24, 2.45) is 5.92 Å². The fraction of sp³-hybridized carbons (Fsp3) is 0.385. The van der Waals surface area contributed by atoms with Gasteiger partial charge in [0.05, 0.1) is 16.6 Å². The lowest BCUT2D eigenvalue weighted by Crippen LogP contribution is -2.36. The molecule has 0 heterocycles. The smallest absolute Gasteiger partial charge is 0.319 e. The summed E-state index contributed by atoms with van der Waals surface area (Å²) >= 11 is 5.61. The molecule has 0 aliphatic heterocycles. The zero-order chi connectivity index (χ0) is 14.7. The molecule has 3 N–H and O–H groups in total. The molecule has 1 fully saturated rings. The Labute approximate surface area is 120 Å². The van der Waals surface area contributed by atoms with Crippen LogP contribution in [0.25, 0.3) is 0 Å². The molecule has 7 heteroatoms. The number of halogens is 2. The second-order valence-electron chi connectivity index (χ2n) is 4.74. The second kappa shape index (κ2) is 6.09. The van der Waals surface area contributed by atoms with Gasteiger partial charge in [0.25, 0.3) is 0 Å². The van der Waals surface area contributed by atoms with E-state index in [2.05, 4.69) is 10.6 Å². The van der Waals surface area contributed by atoms with Crippen molar-refractivity contribution in [1.82, 2.24) is 5.32 Å². The minimum absolute atomic E-state index is 0.0113. The molecule has 108 valence electrons. The number of carbonyl (C=O) groups excluding carboxylic acids is 1. The molecular weight excluding hydrogens is 287 g/mol. The third kappa shape index (κ3) is 3.39. The molecule has 5 nitrogen and oxygen atoms in total. The molecule has 20 heavy (non-hydrogen) atoms. The van der Waals surface area contributed by atoms with E-state index in [-0.39, 0.29) is 16.8 Å². The zero-order valence-electron chi connectivity index (χ0n) is 10.5. The number of carbonyl (C=O) groups is 2. The van der Waals surface area contributed by atoms with Crippen LogP contribution in [-0.4, -0.2) is 23.1 Å². The number of benzene rings is 1. The zero-order valence-corrected chi connectivity index (χ0v) is 11.3. The summed E-state index contributed by atoms with van der Waals surface area (Å²) in [4.78, 5) is 22.5. The molecule has 0 saturated heterocycles. The highest BCUT2D eigenvalue weighted by molar-refractivity contribution is 6.31. The number of rotatable bonds is 3. The van der Waals surface area contributed by atoms with Gasteiger partial charge < -0.3 is 15.7 Å². The maximum absolute atomic E-state index is 13.6. The van der Waals surface area contributed by atoms with Crippen LogP contribution in [0.3, 0.4) is 0 Å². The van der Waals surface area contributed by atoms with E-state index in [4.69, 9.17) is 16.7 Å². The van der Waals surface area contributed by atoms with Gasteiger partial charge in [-0.15, -0.1) is 0 Å². The minimum Gasteiger partial charge on any atom is -0.481 e. The molecule has 1 aromatic carbocycles. The second-order valence-corrected chi connectivity index (χ2v) is 5.15. The van der Waals surface area contributed by atoms with Crippen LogP contribution in [0.1, 0.15) is 19.3 Å². The molecule has 2 amide bonds. The van der Waals surface area contributed by atoms with E-state index in [0.717, 1.165) is 0 Å². The van der Waals surface area contributed by atoms with Gasteiger partial charge in [0.2, 0.25) is 0 Å². The van der Waals surface area contributed by atoms with Gasteiger partial charge in [0, 0.05) is 6.04 Å². The molecule has 0 bridgehead atoms. The Bertz CT molecular complexity index is 538. The lowest BCUT2D eigenvalue weighted by atomic mass is 10.1. The highest BCUT2D eigenvalue weighted by Gasteiger charge is 2.30. The fourth-order valence-corrected chi connectivity index (χ4v) is 2.46. The van der Waals surface area contributed by atoms with Gasteiger partial charge in [-0.2, -0.15) is 0 Å². The molecule has 1 aliphatic carbocycles. The molecule has 0 unspecified atom stereocenters. The van der Waals surface area contributed by atoms with Crippen molar-refractivity contribution in [3.05, 3.63) is 29.0 Å². The summed E-state index contributed by atoms with van der Waals surface area (Å²) in [6, 6.07) is 3.53. The number of urea groups is 1. The van der Waals surface area contributed by atoms with E-state index >= 15 is 0 Å². The molecule has 0 spiro atoms. The number of hydrogen-bond acceptors (Lipinski definition) is 2. The van der Waals surface area contributed by atoms with Crippen molar-refractivity contribution in [3.8, 4) is 0 Å². The average molecular weight is 301 g/mol. The standard InChI is InChI=1S/C13H14ClFN2O3/c14-9-2-1-3-10(11(9)15)17-13(20)16-8-5-4-7(6-8)12(18)19/h1-3,7-8H,4-6H2,(H,18,19)(H2,16,17,20)/t7-,8+/m1/s1. The molecular formula is C13H14ClFN2O3. The summed E-state index contributed by atoms with van der Waals surface area (Å²) in [6.07, 6.45) is 1.52. The van der Waals surface area contributed by atoms with E-state index in [1.54, 1.807) is 0 Å². The summed E-state index contributed by atoms with van der Waals surface area (Å²) in [5.74, 6) is -1.97. The highest BCUT2D eigenvalue weighted by atomic mass is 35.5. The van der Waals surface area contributed by atoms with Crippen LogP contribution in [-0.2, 0) is 4.79 Å². The Kier molecular flexibility index (Phi) is 4.44. The first-order chi connectivity index (χ1) is 9.47. The van der Waals surface area contributed by atoms with Crippen molar-refractivity contribution in [2.75, 3.05) is 5.32 Å². The number of amides is 2. The van der Waals surface area contributed by atoms with Crippen LogP contribution in [0.15, 0.2) is 18.2 Å². The minimum atomic E-state index is -0.851. The number of anilines is 1. The van der Waals surface area contributed by atoms with E-state index in [0.29, 0.717) is 19.3 Å². The molecule has 1 saturated carbocycles. The number of carboxylic acids is 1. The van der Waals surface area contributed by atoms with Crippen LogP contribution >= 0.6 is 11.6 Å². The molecule has 0 aromatic heterocycles. The topological polar surface area (TPSA) is 78.4 Å². The summed E-state index contributed by atoms with van der Waals surface area (Å²) in [6.45, 7) is 0. The Morgan fingerprint density at radius 2 is 2.10 bits per heavy atom. The van der Waals surface area contributed by atoms with Crippen molar-refractivity contribution in [1.29, 1.82) is 0 Å². The molecule has 2 atom stereocenters. The van der Waals surface area contributed by atoms with Gasteiger partial charge >= 0.3 is 12.0 Å². The number of aliphatic carboxylic acids is 1. The van der Waals surface area contributed by atoms with Crippen molar-refractivity contribution in [2.45, 2.75) is 25.3 Å². The van der Waals surface area contributed by atoms with Crippen molar-refractivity contribution in [3.63, 3.8) is 0 Å². The molecule has 0 radical (unpaired) electrons. The van der Waals surface area contributed by atoms with E-state index in [9.17, 15) is 14.0 Å².